The van der Waals surface area contributed by atoms with Gasteiger partial charge in [0.05, 0.1) is 4.70 Å². The molecule has 0 aromatic carbocycles. The summed E-state index contributed by atoms with van der Waals surface area (Å²) in [7, 11) is 1.66. The highest BCUT2D eigenvalue weighted by molar-refractivity contribution is 8.14. The molecule has 0 N–H and O–H groups in total. The minimum atomic E-state index is -3.56. The first-order chi connectivity index (χ1) is 5.59. The van der Waals surface area contributed by atoms with Crippen molar-refractivity contribution in [3.63, 3.8) is 0 Å². The van der Waals surface area contributed by atoms with Crippen molar-refractivity contribution in [2.45, 2.75) is 4.90 Å². The maximum absolute atomic E-state index is 11.0. The van der Waals surface area contributed by atoms with Crippen LogP contribution < -0.4 is 0 Å². The van der Waals surface area contributed by atoms with Gasteiger partial charge < -0.3 is 0 Å². The van der Waals surface area contributed by atoms with Crippen molar-refractivity contribution in [2.75, 3.05) is 0 Å². The van der Waals surface area contributed by atoms with Gasteiger partial charge in [-0.2, -0.15) is 0 Å². The standard InChI is InChI=1S/C6H3ClO2S3/c7-12(8,9)5-3-11-4-1-2-10-6(4)5/h1-3H. The highest BCUT2D eigenvalue weighted by Gasteiger charge is 2.16. The molecule has 0 bridgehead atoms. The van der Waals surface area contributed by atoms with E-state index in [1.807, 2.05) is 11.4 Å². The summed E-state index contributed by atoms with van der Waals surface area (Å²) in [5.41, 5.74) is 0. The van der Waals surface area contributed by atoms with Gasteiger partial charge in [-0.3, -0.25) is 0 Å². The predicted octanol–water partition coefficient (Wildman–Crippen LogP) is 2.89. The zero-order chi connectivity index (χ0) is 8.77. The Bertz CT molecular complexity index is 508. The van der Waals surface area contributed by atoms with Crippen LogP contribution in [0.1, 0.15) is 0 Å². The zero-order valence-electron chi connectivity index (χ0n) is 5.65. The van der Waals surface area contributed by atoms with Gasteiger partial charge in [-0.25, -0.2) is 8.42 Å². The number of hydrogen-bond acceptors (Lipinski definition) is 4. The Morgan fingerprint density at radius 3 is 2.75 bits per heavy atom. The molecule has 0 atom stereocenters. The molecule has 0 unspecified atom stereocenters. The molecule has 2 nitrogen and oxygen atoms in total. The molecule has 0 aliphatic heterocycles. The second kappa shape index (κ2) is 2.70. The van der Waals surface area contributed by atoms with Crippen LogP contribution in [-0.4, -0.2) is 8.42 Å². The second-order valence-corrected chi connectivity index (χ2v) is 6.51. The van der Waals surface area contributed by atoms with E-state index in [0.29, 0.717) is 0 Å². The van der Waals surface area contributed by atoms with Crippen LogP contribution in [0.5, 0.6) is 0 Å². The summed E-state index contributed by atoms with van der Waals surface area (Å²) in [6.07, 6.45) is 0. The summed E-state index contributed by atoms with van der Waals surface area (Å²) < 4.78 is 23.7. The van der Waals surface area contributed by atoms with Gasteiger partial charge in [-0.05, 0) is 11.4 Å². The van der Waals surface area contributed by atoms with E-state index in [-0.39, 0.29) is 4.90 Å². The smallest absolute Gasteiger partial charge is 0.207 e. The summed E-state index contributed by atoms with van der Waals surface area (Å²) in [5, 5.41) is 3.43. The van der Waals surface area contributed by atoms with Crippen molar-refractivity contribution in [3.05, 3.63) is 16.8 Å². The Hall–Kier alpha value is -0.100. The lowest BCUT2D eigenvalue weighted by atomic mass is 10.5. The molecule has 2 rings (SSSR count). The molecule has 2 heterocycles. The first-order valence-corrected chi connectivity index (χ1v) is 7.05. The Morgan fingerprint density at radius 1 is 1.33 bits per heavy atom. The highest BCUT2D eigenvalue weighted by Crippen LogP contribution is 2.35. The minimum absolute atomic E-state index is 0.235. The highest BCUT2D eigenvalue weighted by atomic mass is 35.7. The van der Waals surface area contributed by atoms with Gasteiger partial charge in [-0.1, -0.05) is 0 Å². The molecule has 0 radical (unpaired) electrons. The van der Waals surface area contributed by atoms with Crippen LogP contribution >= 0.6 is 33.4 Å². The van der Waals surface area contributed by atoms with Crippen LogP contribution in [0, 0.1) is 0 Å². The quantitative estimate of drug-likeness (QED) is 0.716. The third-order valence-electron chi connectivity index (χ3n) is 1.41. The average Bonchev–Trinajstić information content (AvgIpc) is 2.37. The topological polar surface area (TPSA) is 34.1 Å². The van der Waals surface area contributed by atoms with E-state index in [0.717, 1.165) is 9.40 Å². The summed E-state index contributed by atoms with van der Waals surface area (Å²) in [6, 6.07) is 1.89. The van der Waals surface area contributed by atoms with Gasteiger partial charge in [0.25, 0.3) is 9.05 Å². The van der Waals surface area contributed by atoms with E-state index in [2.05, 4.69) is 0 Å². The Kier molecular flexibility index (Phi) is 1.91. The van der Waals surface area contributed by atoms with E-state index in [1.54, 1.807) is 5.38 Å². The number of rotatable bonds is 1. The fourth-order valence-corrected chi connectivity index (χ4v) is 4.94. The third kappa shape index (κ3) is 1.26. The fourth-order valence-electron chi connectivity index (χ4n) is 0.909. The van der Waals surface area contributed by atoms with Crippen LogP contribution in [-0.2, 0) is 9.05 Å². The van der Waals surface area contributed by atoms with Crippen molar-refractivity contribution in [1.29, 1.82) is 0 Å². The molecular weight excluding hydrogens is 236 g/mol. The molecule has 64 valence electrons. The Balaban J connectivity index is 2.87. The van der Waals surface area contributed by atoms with Gasteiger partial charge in [0.1, 0.15) is 4.90 Å². The van der Waals surface area contributed by atoms with E-state index in [9.17, 15) is 8.42 Å². The van der Waals surface area contributed by atoms with Crippen molar-refractivity contribution in [1.82, 2.24) is 0 Å². The lowest BCUT2D eigenvalue weighted by Gasteiger charge is -1.87. The van der Waals surface area contributed by atoms with Gasteiger partial charge in [0.15, 0.2) is 0 Å². The van der Waals surface area contributed by atoms with Crippen molar-refractivity contribution in [2.24, 2.45) is 0 Å². The average molecular weight is 239 g/mol. The lowest BCUT2D eigenvalue weighted by Crippen LogP contribution is -1.85. The molecular formula is C6H3ClO2S3. The van der Waals surface area contributed by atoms with Crippen molar-refractivity contribution in [3.8, 4) is 0 Å². The molecule has 0 aliphatic carbocycles. The SMILES string of the molecule is O=S(=O)(Cl)c1csc2ccsc12. The molecule has 0 spiro atoms. The molecule has 0 fully saturated rings. The molecule has 2 aromatic heterocycles. The van der Waals surface area contributed by atoms with Crippen LogP contribution in [0.15, 0.2) is 21.7 Å². The lowest BCUT2D eigenvalue weighted by molar-refractivity contribution is 0.610. The zero-order valence-corrected chi connectivity index (χ0v) is 8.86. The van der Waals surface area contributed by atoms with E-state index < -0.39 is 9.05 Å². The first-order valence-electron chi connectivity index (χ1n) is 2.98. The normalized spacial score (nSPS) is 12.4. The molecule has 2 aromatic rings. The molecule has 0 saturated heterocycles. The first kappa shape index (κ1) is 8.50. The molecule has 0 saturated carbocycles. The minimum Gasteiger partial charge on any atom is -0.207 e. The molecule has 6 heteroatoms. The van der Waals surface area contributed by atoms with E-state index in [1.165, 1.54) is 22.7 Å². The van der Waals surface area contributed by atoms with E-state index >= 15 is 0 Å². The molecule has 12 heavy (non-hydrogen) atoms. The predicted molar refractivity (Wildman–Crippen MR) is 52.7 cm³/mol. The second-order valence-electron chi connectivity index (χ2n) is 2.15. The maximum Gasteiger partial charge on any atom is 0.263 e. The summed E-state index contributed by atoms with van der Waals surface area (Å²) in [4.78, 5) is 0.235. The Labute approximate surface area is 81.8 Å². The van der Waals surface area contributed by atoms with Gasteiger partial charge in [-0.15, -0.1) is 22.7 Å². The fraction of sp³-hybridized carbons (Fsp3) is 0. The molecule has 0 aliphatic rings. The van der Waals surface area contributed by atoms with Gasteiger partial charge >= 0.3 is 0 Å². The van der Waals surface area contributed by atoms with Gasteiger partial charge in [0.2, 0.25) is 0 Å². The number of fused-ring (bicyclic) bond motifs is 1. The Morgan fingerprint density at radius 2 is 2.08 bits per heavy atom. The van der Waals surface area contributed by atoms with Crippen LogP contribution in [0.25, 0.3) is 9.40 Å². The van der Waals surface area contributed by atoms with Crippen molar-refractivity contribution >= 4 is 51.8 Å². The van der Waals surface area contributed by atoms with Crippen LogP contribution in [0.2, 0.25) is 0 Å². The monoisotopic (exact) mass is 238 g/mol. The largest absolute Gasteiger partial charge is 0.263 e. The van der Waals surface area contributed by atoms with Crippen molar-refractivity contribution < 1.29 is 8.42 Å². The third-order valence-corrected chi connectivity index (χ3v) is 5.06. The summed E-state index contributed by atoms with van der Waals surface area (Å²) in [5.74, 6) is 0. The summed E-state index contributed by atoms with van der Waals surface area (Å²) in [6.45, 7) is 0. The van der Waals surface area contributed by atoms with Gasteiger partial charge in [0, 0.05) is 20.8 Å². The number of thiophene rings is 2. The number of hydrogen-bond donors (Lipinski definition) is 0. The number of halogens is 1. The summed E-state index contributed by atoms with van der Waals surface area (Å²) >= 11 is 2.79. The molecule has 0 amide bonds. The maximum atomic E-state index is 11.0. The van der Waals surface area contributed by atoms with E-state index in [4.69, 9.17) is 10.7 Å². The van der Waals surface area contributed by atoms with Crippen LogP contribution in [0.4, 0.5) is 0 Å². The van der Waals surface area contributed by atoms with Crippen LogP contribution in [0.3, 0.4) is 0 Å².